The third-order valence-electron chi connectivity index (χ3n) is 11.3. The molecule has 2 heterocycles. The Morgan fingerprint density at radius 1 is 0.920 bits per heavy atom. The fourth-order valence-electron chi connectivity index (χ4n) is 8.06. The van der Waals surface area contributed by atoms with E-state index in [0.717, 1.165) is 51.4 Å². The van der Waals surface area contributed by atoms with E-state index in [1.54, 1.807) is 25.5 Å². The smallest absolute Gasteiger partial charge is 0.289 e. The maximum atomic E-state index is 14.2. The van der Waals surface area contributed by atoms with E-state index in [2.05, 4.69) is 57.9 Å². The van der Waals surface area contributed by atoms with Gasteiger partial charge >= 0.3 is 0 Å². The van der Waals surface area contributed by atoms with Gasteiger partial charge in [0, 0.05) is 30.7 Å². The molecule has 11 heteroatoms. The first kappa shape index (κ1) is 38.8. The molecular formula is C39H59N7O4. The SMILES string of the molecule is C=C(N[C@H](C(=O)N[C@@H](C(=C)C)C(=C)N1C[C@@H]2CCC(CC)[C@@H]2[C@H]1C(=O)N[C@@H](C)C(=O)C(=O)N[C@@H](C)C(C)C)C1CCCCC1)c1cnccn1. The second kappa shape index (κ2) is 17.3. The minimum atomic E-state index is -1.00. The molecule has 1 aliphatic heterocycles. The van der Waals surface area contributed by atoms with Gasteiger partial charge in [0.15, 0.2) is 0 Å². The van der Waals surface area contributed by atoms with Crippen LogP contribution in [0, 0.1) is 29.6 Å². The van der Waals surface area contributed by atoms with Crippen molar-refractivity contribution in [2.75, 3.05) is 6.54 Å². The molecule has 4 N–H and O–H groups in total. The van der Waals surface area contributed by atoms with Crippen LogP contribution in [0.5, 0.6) is 0 Å². The van der Waals surface area contributed by atoms with Gasteiger partial charge in [-0.25, -0.2) is 0 Å². The van der Waals surface area contributed by atoms with E-state index < -0.39 is 35.9 Å². The number of rotatable bonds is 16. The number of Topliss-reactive ketones (excluding diaryl/α,β-unsaturated/α-hetero) is 1. The molecule has 1 aromatic heterocycles. The van der Waals surface area contributed by atoms with Gasteiger partial charge in [-0.15, -0.1) is 0 Å². The summed E-state index contributed by atoms with van der Waals surface area (Å²) >= 11 is 0. The number of likely N-dealkylation sites (tertiary alicyclic amines) is 1. The molecule has 3 amide bonds. The number of aromatic nitrogens is 2. The molecule has 11 nitrogen and oxygen atoms in total. The van der Waals surface area contributed by atoms with E-state index in [9.17, 15) is 19.2 Å². The Kier molecular flexibility index (Phi) is 13.4. The van der Waals surface area contributed by atoms with Gasteiger partial charge in [0.1, 0.15) is 17.8 Å². The second-order valence-electron chi connectivity index (χ2n) is 15.1. The van der Waals surface area contributed by atoms with E-state index >= 15 is 0 Å². The third kappa shape index (κ3) is 9.01. The van der Waals surface area contributed by atoms with Crippen molar-refractivity contribution in [3.63, 3.8) is 0 Å². The molecule has 0 aromatic carbocycles. The molecule has 0 spiro atoms. The number of carbonyl (C=O) groups excluding carboxylic acids is 4. The normalized spacial score (nSPS) is 24.3. The van der Waals surface area contributed by atoms with Crippen molar-refractivity contribution in [3.05, 3.63) is 55.3 Å². The van der Waals surface area contributed by atoms with Gasteiger partial charge in [0.25, 0.3) is 5.91 Å². The van der Waals surface area contributed by atoms with Crippen molar-refractivity contribution >= 4 is 29.2 Å². The monoisotopic (exact) mass is 689 g/mol. The number of ketones is 1. The average Bonchev–Trinajstić information content (AvgIpc) is 3.68. The van der Waals surface area contributed by atoms with Crippen molar-refractivity contribution in [2.45, 2.75) is 123 Å². The summed E-state index contributed by atoms with van der Waals surface area (Å²) in [7, 11) is 0. The van der Waals surface area contributed by atoms with Crippen molar-refractivity contribution < 1.29 is 19.2 Å². The fraction of sp³-hybridized carbons (Fsp3) is 0.641. The number of nitrogens with zero attached hydrogens (tertiary/aromatic N) is 3. The molecule has 50 heavy (non-hydrogen) atoms. The first-order valence-electron chi connectivity index (χ1n) is 18.5. The van der Waals surface area contributed by atoms with Crippen LogP contribution in [0.3, 0.4) is 0 Å². The molecular weight excluding hydrogens is 630 g/mol. The summed E-state index contributed by atoms with van der Waals surface area (Å²) in [5.41, 5.74) is 2.39. The average molecular weight is 690 g/mol. The van der Waals surface area contributed by atoms with Crippen LogP contribution < -0.4 is 21.3 Å². The number of hydrogen-bond acceptors (Lipinski definition) is 8. The first-order valence-corrected chi connectivity index (χ1v) is 18.5. The molecule has 4 rings (SSSR count). The molecule has 0 radical (unpaired) electrons. The Hall–Kier alpha value is -4.02. The van der Waals surface area contributed by atoms with Gasteiger partial charge in [-0.3, -0.25) is 29.1 Å². The molecule has 3 aliphatic rings. The van der Waals surface area contributed by atoms with Crippen LogP contribution in [0.25, 0.3) is 5.70 Å². The number of nitrogens with one attached hydrogen (secondary N) is 4. The zero-order valence-corrected chi connectivity index (χ0v) is 31.0. The van der Waals surface area contributed by atoms with Crippen molar-refractivity contribution in [3.8, 4) is 0 Å². The molecule has 1 unspecified atom stereocenters. The Morgan fingerprint density at radius 3 is 2.22 bits per heavy atom. The summed E-state index contributed by atoms with van der Waals surface area (Å²) < 4.78 is 0. The van der Waals surface area contributed by atoms with Crippen LogP contribution in [-0.4, -0.2) is 75.1 Å². The molecule has 3 fully saturated rings. The highest BCUT2D eigenvalue weighted by molar-refractivity contribution is 6.38. The maximum Gasteiger partial charge on any atom is 0.289 e. The van der Waals surface area contributed by atoms with Crippen LogP contribution in [0.4, 0.5) is 0 Å². The van der Waals surface area contributed by atoms with E-state index in [4.69, 9.17) is 0 Å². The van der Waals surface area contributed by atoms with Gasteiger partial charge in [-0.1, -0.05) is 71.8 Å². The van der Waals surface area contributed by atoms with Gasteiger partial charge in [-0.2, -0.15) is 0 Å². The third-order valence-corrected chi connectivity index (χ3v) is 11.3. The zero-order chi connectivity index (χ0) is 36.7. The molecule has 2 saturated carbocycles. The summed E-state index contributed by atoms with van der Waals surface area (Å²) in [5.74, 6) is -0.963. The van der Waals surface area contributed by atoms with Gasteiger partial charge < -0.3 is 26.2 Å². The van der Waals surface area contributed by atoms with Gasteiger partial charge in [0.2, 0.25) is 17.6 Å². The van der Waals surface area contributed by atoms with Gasteiger partial charge in [0.05, 0.1) is 24.0 Å². The Labute approximate surface area is 298 Å². The Balaban J connectivity index is 1.55. The minimum absolute atomic E-state index is 0.0577. The second-order valence-corrected chi connectivity index (χ2v) is 15.1. The van der Waals surface area contributed by atoms with Crippen LogP contribution in [0.15, 0.2) is 49.6 Å². The van der Waals surface area contributed by atoms with Crippen LogP contribution >= 0.6 is 0 Å². The van der Waals surface area contributed by atoms with Crippen LogP contribution in [0.1, 0.15) is 98.6 Å². The lowest BCUT2D eigenvalue weighted by molar-refractivity contribution is -0.140. The minimum Gasteiger partial charge on any atom is -0.372 e. The summed E-state index contributed by atoms with van der Waals surface area (Å²) in [5, 5.41) is 12.3. The van der Waals surface area contributed by atoms with E-state index in [-0.39, 0.29) is 41.5 Å². The first-order chi connectivity index (χ1) is 23.7. The zero-order valence-electron chi connectivity index (χ0n) is 31.0. The summed E-state index contributed by atoms with van der Waals surface area (Å²) in [6.07, 6.45) is 12.8. The molecule has 1 saturated heterocycles. The summed E-state index contributed by atoms with van der Waals surface area (Å²) in [6.45, 7) is 24.8. The van der Waals surface area contributed by atoms with E-state index in [1.807, 2.05) is 32.6 Å². The van der Waals surface area contributed by atoms with Gasteiger partial charge in [-0.05, 0) is 76.0 Å². The van der Waals surface area contributed by atoms with Crippen molar-refractivity contribution in [1.29, 1.82) is 0 Å². The van der Waals surface area contributed by atoms with E-state index in [0.29, 0.717) is 35.1 Å². The lowest BCUT2D eigenvalue weighted by atomic mass is 9.83. The van der Waals surface area contributed by atoms with Crippen molar-refractivity contribution in [2.24, 2.45) is 29.6 Å². The quantitative estimate of drug-likeness (QED) is 0.146. The lowest BCUT2D eigenvalue weighted by Crippen LogP contribution is -2.56. The predicted octanol–water partition coefficient (Wildman–Crippen LogP) is 4.53. The van der Waals surface area contributed by atoms with Crippen molar-refractivity contribution in [1.82, 2.24) is 36.1 Å². The molecule has 1 aromatic rings. The highest BCUT2D eigenvalue weighted by Gasteiger charge is 2.53. The highest BCUT2D eigenvalue weighted by Crippen LogP contribution is 2.48. The highest BCUT2D eigenvalue weighted by atomic mass is 16.2. The van der Waals surface area contributed by atoms with E-state index in [1.165, 1.54) is 0 Å². The number of hydrogen-bond donors (Lipinski definition) is 4. The number of carbonyl (C=O) groups is 4. The molecule has 0 bridgehead atoms. The number of amides is 3. The lowest BCUT2D eigenvalue weighted by Gasteiger charge is -2.37. The summed E-state index contributed by atoms with van der Waals surface area (Å²) in [4.78, 5) is 64.8. The molecule has 274 valence electrons. The fourth-order valence-corrected chi connectivity index (χ4v) is 8.06. The maximum absolute atomic E-state index is 14.2. The number of fused-ring (bicyclic) bond motifs is 1. The van der Waals surface area contributed by atoms with Crippen LogP contribution in [-0.2, 0) is 19.2 Å². The topological polar surface area (TPSA) is 145 Å². The standard InChI is InChI=1S/C39H59N7O4/c1-10-28-16-17-30-21-46(35(32(28)30)38(49)44-26(8)36(47)39(50)43-24(6)22(2)3)27(9)33(23(4)5)45-37(48)34(29-14-12-11-13-15-29)42-25(7)31-20-40-18-19-41-31/h18-20,22,24,26,28-30,32-35,42H,4,7,9-17,21H2,1-3,5-6,8H3,(H,43,50)(H,44,49)(H,45,48)/t24-,26-,28?,30-,32-,33-,34-,35-/m0/s1. The molecule has 2 aliphatic carbocycles. The van der Waals surface area contributed by atoms with Crippen LogP contribution in [0.2, 0.25) is 0 Å². The molecule has 8 atom stereocenters. The largest absolute Gasteiger partial charge is 0.372 e. The Morgan fingerprint density at radius 2 is 1.62 bits per heavy atom. The predicted molar refractivity (Wildman–Crippen MR) is 196 cm³/mol. The Bertz CT molecular complexity index is 1420. The summed E-state index contributed by atoms with van der Waals surface area (Å²) in [6, 6.07) is -2.97.